The number of aryl methyl sites for hydroxylation is 1. The maximum absolute atomic E-state index is 11.2. The molecule has 0 heterocycles. The van der Waals surface area contributed by atoms with Gasteiger partial charge in [-0.1, -0.05) is 12.1 Å². The minimum atomic E-state index is -0.110. The Morgan fingerprint density at radius 2 is 2.04 bits per heavy atom. The zero-order valence-electron chi connectivity index (χ0n) is 13.2. The van der Waals surface area contributed by atoms with Crippen LogP contribution in [0.5, 0.6) is 5.75 Å². The molecule has 0 spiro atoms. The van der Waals surface area contributed by atoms with E-state index in [9.17, 15) is 4.79 Å². The van der Waals surface area contributed by atoms with E-state index >= 15 is 0 Å². The second kappa shape index (κ2) is 7.85. The van der Waals surface area contributed by atoms with Crippen LogP contribution in [-0.2, 0) is 4.79 Å². The predicted octanol–water partition coefficient (Wildman–Crippen LogP) is 3.32. The van der Waals surface area contributed by atoms with Gasteiger partial charge < -0.3 is 15.4 Å². The summed E-state index contributed by atoms with van der Waals surface area (Å²) in [6, 6.07) is 14.9. The van der Waals surface area contributed by atoms with Gasteiger partial charge in [-0.05, 0) is 42.8 Å². The third-order valence-corrected chi connectivity index (χ3v) is 3.14. The number of nitrogens with zero attached hydrogens (tertiary/aromatic N) is 1. The number of rotatable bonds is 6. The van der Waals surface area contributed by atoms with Gasteiger partial charge in [0.05, 0.1) is 23.0 Å². The first-order chi connectivity index (χ1) is 11.1. The van der Waals surface area contributed by atoms with Gasteiger partial charge in [0, 0.05) is 13.5 Å². The zero-order valence-corrected chi connectivity index (χ0v) is 13.2. The Hall–Kier alpha value is -3.00. The molecule has 0 bridgehead atoms. The highest BCUT2D eigenvalue weighted by Gasteiger charge is 2.04. The molecule has 0 aliphatic heterocycles. The van der Waals surface area contributed by atoms with E-state index in [1.54, 1.807) is 18.2 Å². The molecule has 0 saturated heterocycles. The van der Waals surface area contributed by atoms with Gasteiger partial charge >= 0.3 is 0 Å². The van der Waals surface area contributed by atoms with E-state index < -0.39 is 0 Å². The lowest BCUT2D eigenvalue weighted by molar-refractivity contribution is -0.114. The molecule has 0 radical (unpaired) electrons. The summed E-state index contributed by atoms with van der Waals surface area (Å²) >= 11 is 0. The maximum Gasteiger partial charge on any atom is 0.221 e. The lowest BCUT2D eigenvalue weighted by Crippen LogP contribution is -2.14. The van der Waals surface area contributed by atoms with Gasteiger partial charge in [-0.3, -0.25) is 4.79 Å². The van der Waals surface area contributed by atoms with Crippen LogP contribution in [-0.4, -0.2) is 19.1 Å². The Morgan fingerprint density at radius 3 is 2.78 bits per heavy atom. The maximum atomic E-state index is 11.2. The van der Waals surface area contributed by atoms with Gasteiger partial charge in [0.1, 0.15) is 12.4 Å². The van der Waals surface area contributed by atoms with Gasteiger partial charge in [-0.25, -0.2) is 0 Å². The van der Waals surface area contributed by atoms with Crippen LogP contribution in [0.15, 0.2) is 42.5 Å². The summed E-state index contributed by atoms with van der Waals surface area (Å²) in [7, 11) is 0. The fraction of sp³-hybridized carbons (Fsp3) is 0.222. The van der Waals surface area contributed by atoms with Gasteiger partial charge in [0.2, 0.25) is 5.91 Å². The average Bonchev–Trinajstić information content (AvgIpc) is 2.53. The minimum Gasteiger partial charge on any atom is -0.492 e. The highest BCUT2D eigenvalue weighted by molar-refractivity contribution is 5.92. The summed E-state index contributed by atoms with van der Waals surface area (Å²) in [6.45, 7) is 4.50. The second-order valence-electron chi connectivity index (χ2n) is 5.15. The molecule has 0 atom stereocenters. The molecular weight excluding hydrogens is 290 g/mol. The van der Waals surface area contributed by atoms with Crippen molar-refractivity contribution in [2.45, 2.75) is 13.8 Å². The average molecular weight is 309 g/mol. The molecule has 2 rings (SSSR count). The number of nitrogens with one attached hydrogen (secondary N) is 2. The van der Waals surface area contributed by atoms with Crippen molar-refractivity contribution in [2.75, 3.05) is 23.8 Å². The van der Waals surface area contributed by atoms with Crippen molar-refractivity contribution in [2.24, 2.45) is 0 Å². The van der Waals surface area contributed by atoms with E-state index in [0.717, 1.165) is 16.9 Å². The predicted molar refractivity (Wildman–Crippen MR) is 90.6 cm³/mol. The number of hydrogen-bond donors (Lipinski definition) is 2. The Kier molecular flexibility index (Phi) is 5.59. The van der Waals surface area contributed by atoms with Crippen LogP contribution in [0.4, 0.5) is 11.4 Å². The van der Waals surface area contributed by atoms with Gasteiger partial charge in [0.25, 0.3) is 0 Å². The SMILES string of the molecule is CC(=O)Nc1ccc(C)cc1NCCOc1cccc(C#N)c1. The first kappa shape index (κ1) is 16.4. The summed E-state index contributed by atoms with van der Waals surface area (Å²) in [6.07, 6.45) is 0. The van der Waals surface area contributed by atoms with Crippen molar-refractivity contribution in [1.29, 1.82) is 5.26 Å². The fourth-order valence-electron chi connectivity index (χ4n) is 2.11. The van der Waals surface area contributed by atoms with Crippen LogP contribution in [0.2, 0.25) is 0 Å². The molecular formula is C18H19N3O2. The van der Waals surface area contributed by atoms with E-state index in [2.05, 4.69) is 16.7 Å². The standard InChI is InChI=1S/C18H19N3O2/c1-13-6-7-17(21-14(2)22)18(10-13)20-8-9-23-16-5-3-4-15(11-16)12-19/h3-7,10-11,20H,8-9H2,1-2H3,(H,21,22). The normalized spacial score (nSPS) is 9.78. The number of carbonyl (C=O) groups is 1. The van der Waals surface area contributed by atoms with Crippen LogP contribution < -0.4 is 15.4 Å². The molecule has 2 aromatic carbocycles. The quantitative estimate of drug-likeness (QED) is 0.803. The molecule has 0 fully saturated rings. The van der Waals surface area contributed by atoms with Crippen molar-refractivity contribution in [1.82, 2.24) is 0 Å². The first-order valence-corrected chi connectivity index (χ1v) is 7.33. The van der Waals surface area contributed by atoms with E-state index in [1.165, 1.54) is 6.92 Å². The van der Waals surface area contributed by atoms with Crippen LogP contribution >= 0.6 is 0 Å². The van der Waals surface area contributed by atoms with Crippen LogP contribution in [0, 0.1) is 18.3 Å². The number of hydrogen-bond acceptors (Lipinski definition) is 4. The fourth-order valence-corrected chi connectivity index (χ4v) is 2.11. The van der Waals surface area contributed by atoms with Crippen LogP contribution in [0.25, 0.3) is 0 Å². The third kappa shape index (κ3) is 5.04. The monoisotopic (exact) mass is 309 g/mol. The Bertz CT molecular complexity index is 735. The van der Waals surface area contributed by atoms with Crippen molar-refractivity contribution < 1.29 is 9.53 Å². The molecule has 1 amide bonds. The number of ether oxygens (including phenoxy) is 1. The summed E-state index contributed by atoms with van der Waals surface area (Å²) in [4.78, 5) is 11.2. The van der Waals surface area contributed by atoms with Crippen LogP contribution in [0.1, 0.15) is 18.1 Å². The zero-order chi connectivity index (χ0) is 16.7. The number of anilines is 2. The first-order valence-electron chi connectivity index (χ1n) is 7.33. The summed E-state index contributed by atoms with van der Waals surface area (Å²) in [5.74, 6) is 0.554. The largest absolute Gasteiger partial charge is 0.492 e. The highest BCUT2D eigenvalue weighted by Crippen LogP contribution is 2.23. The molecule has 2 aromatic rings. The third-order valence-electron chi connectivity index (χ3n) is 3.14. The Morgan fingerprint density at radius 1 is 1.22 bits per heavy atom. The van der Waals surface area contributed by atoms with Gasteiger partial charge in [-0.15, -0.1) is 0 Å². The molecule has 0 saturated carbocycles. The summed E-state index contributed by atoms with van der Waals surface area (Å²) < 4.78 is 5.62. The lowest BCUT2D eigenvalue weighted by atomic mass is 10.2. The lowest BCUT2D eigenvalue weighted by Gasteiger charge is -2.14. The van der Waals surface area contributed by atoms with Crippen molar-refractivity contribution in [3.63, 3.8) is 0 Å². The van der Waals surface area contributed by atoms with Crippen molar-refractivity contribution in [3.8, 4) is 11.8 Å². The second-order valence-corrected chi connectivity index (χ2v) is 5.15. The molecule has 5 nitrogen and oxygen atoms in total. The van der Waals surface area contributed by atoms with E-state index in [0.29, 0.717) is 24.5 Å². The molecule has 0 unspecified atom stereocenters. The molecule has 5 heteroatoms. The number of carbonyl (C=O) groups excluding carboxylic acids is 1. The molecule has 0 aliphatic rings. The smallest absolute Gasteiger partial charge is 0.221 e. The summed E-state index contributed by atoms with van der Waals surface area (Å²) in [5.41, 5.74) is 3.27. The molecule has 118 valence electrons. The van der Waals surface area contributed by atoms with Crippen molar-refractivity contribution >= 4 is 17.3 Å². The highest BCUT2D eigenvalue weighted by atomic mass is 16.5. The van der Waals surface area contributed by atoms with Gasteiger partial charge in [-0.2, -0.15) is 5.26 Å². The van der Waals surface area contributed by atoms with E-state index in [4.69, 9.17) is 10.00 Å². The number of nitriles is 1. The molecule has 23 heavy (non-hydrogen) atoms. The summed E-state index contributed by atoms with van der Waals surface area (Å²) in [5, 5.41) is 14.9. The molecule has 0 aliphatic carbocycles. The minimum absolute atomic E-state index is 0.110. The Labute approximate surface area is 135 Å². The number of benzene rings is 2. The van der Waals surface area contributed by atoms with E-state index in [1.807, 2.05) is 31.2 Å². The molecule has 0 aromatic heterocycles. The van der Waals surface area contributed by atoms with Gasteiger partial charge in [0.15, 0.2) is 0 Å². The molecule has 2 N–H and O–H groups in total. The number of amides is 1. The van der Waals surface area contributed by atoms with Crippen molar-refractivity contribution in [3.05, 3.63) is 53.6 Å². The topological polar surface area (TPSA) is 74.2 Å². The Balaban J connectivity index is 1.92. The van der Waals surface area contributed by atoms with Crippen LogP contribution in [0.3, 0.4) is 0 Å². The van der Waals surface area contributed by atoms with E-state index in [-0.39, 0.29) is 5.91 Å².